The highest BCUT2D eigenvalue weighted by Crippen LogP contribution is 2.28. The summed E-state index contributed by atoms with van der Waals surface area (Å²) in [6, 6.07) is 10.8. The van der Waals surface area contributed by atoms with Crippen LogP contribution in [0.25, 0.3) is 0 Å². The van der Waals surface area contributed by atoms with Crippen LogP contribution in [0.5, 0.6) is 11.5 Å². The lowest BCUT2D eigenvalue weighted by molar-refractivity contribution is -0.385. The maximum absolute atomic E-state index is 11.0. The predicted molar refractivity (Wildman–Crippen MR) is 79.3 cm³/mol. The molecule has 0 spiro atoms. The number of carboxylic acids is 1. The Morgan fingerprint density at radius 3 is 2.50 bits per heavy atom. The highest BCUT2D eigenvalue weighted by atomic mass is 127. The van der Waals surface area contributed by atoms with E-state index in [1.54, 1.807) is 18.2 Å². The van der Waals surface area contributed by atoms with Gasteiger partial charge in [0, 0.05) is 15.7 Å². The van der Waals surface area contributed by atoms with Crippen molar-refractivity contribution in [3.8, 4) is 11.5 Å². The average Bonchev–Trinajstić information content (AvgIpc) is 2.38. The van der Waals surface area contributed by atoms with Crippen LogP contribution < -0.4 is 4.74 Å². The summed E-state index contributed by atoms with van der Waals surface area (Å²) >= 11 is 2.12. The zero-order chi connectivity index (χ0) is 14.7. The third-order valence-electron chi connectivity index (χ3n) is 2.43. The number of aromatic carboxylic acids is 1. The van der Waals surface area contributed by atoms with Crippen molar-refractivity contribution in [2.45, 2.75) is 0 Å². The van der Waals surface area contributed by atoms with Crippen LogP contribution in [-0.4, -0.2) is 16.0 Å². The van der Waals surface area contributed by atoms with Gasteiger partial charge in [-0.25, -0.2) is 4.79 Å². The third-order valence-corrected chi connectivity index (χ3v) is 3.10. The van der Waals surface area contributed by atoms with Gasteiger partial charge in [0.1, 0.15) is 17.1 Å². The number of halogens is 1. The maximum Gasteiger partial charge on any atom is 0.342 e. The van der Waals surface area contributed by atoms with Crippen molar-refractivity contribution in [2.24, 2.45) is 0 Å². The number of nitro groups is 1. The molecule has 0 unspecified atom stereocenters. The van der Waals surface area contributed by atoms with E-state index in [1.807, 2.05) is 6.07 Å². The quantitative estimate of drug-likeness (QED) is 0.493. The largest absolute Gasteiger partial charge is 0.477 e. The van der Waals surface area contributed by atoms with Crippen molar-refractivity contribution in [1.29, 1.82) is 0 Å². The molecule has 0 saturated heterocycles. The first-order chi connectivity index (χ1) is 9.47. The number of nitro benzene ring substituents is 1. The molecule has 0 heterocycles. The van der Waals surface area contributed by atoms with Crippen LogP contribution in [0, 0.1) is 13.7 Å². The summed E-state index contributed by atoms with van der Waals surface area (Å²) in [5.41, 5.74) is -0.870. The van der Waals surface area contributed by atoms with Gasteiger partial charge in [-0.2, -0.15) is 0 Å². The summed E-state index contributed by atoms with van der Waals surface area (Å²) < 4.78 is 6.45. The predicted octanol–water partition coefficient (Wildman–Crippen LogP) is 3.69. The zero-order valence-corrected chi connectivity index (χ0v) is 12.1. The highest BCUT2D eigenvalue weighted by molar-refractivity contribution is 14.1. The van der Waals surface area contributed by atoms with Crippen molar-refractivity contribution in [3.05, 3.63) is 61.7 Å². The van der Waals surface area contributed by atoms with Crippen molar-refractivity contribution in [2.75, 3.05) is 0 Å². The van der Waals surface area contributed by atoms with E-state index >= 15 is 0 Å². The summed E-state index contributed by atoms with van der Waals surface area (Å²) in [5.74, 6) is -0.609. The molecule has 102 valence electrons. The van der Waals surface area contributed by atoms with Gasteiger partial charge >= 0.3 is 5.97 Å². The Morgan fingerprint density at radius 2 is 1.90 bits per heavy atom. The van der Waals surface area contributed by atoms with E-state index in [9.17, 15) is 14.9 Å². The van der Waals surface area contributed by atoms with E-state index in [-0.39, 0.29) is 5.75 Å². The van der Waals surface area contributed by atoms with Crippen LogP contribution in [0.3, 0.4) is 0 Å². The second-order valence-electron chi connectivity index (χ2n) is 3.80. The van der Waals surface area contributed by atoms with Crippen LogP contribution in [0.1, 0.15) is 10.4 Å². The van der Waals surface area contributed by atoms with E-state index < -0.39 is 22.1 Å². The zero-order valence-electron chi connectivity index (χ0n) is 9.95. The molecule has 0 fully saturated rings. The van der Waals surface area contributed by atoms with Gasteiger partial charge in [0.15, 0.2) is 0 Å². The summed E-state index contributed by atoms with van der Waals surface area (Å²) in [6.45, 7) is 0. The van der Waals surface area contributed by atoms with Crippen LogP contribution in [0.15, 0.2) is 42.5 Å². The normalized spacial score (nSPS) is 10.1. The molecule has 0 saturated carbocycles. The lowest BCUT2D eigenvalue weighted by Crippen LogP contribution is -2.02. The molecule has 0 amide bonds. The Morgan fingerprint density at radius 1 is 1.20 bits per heavy atom. The Kier molecular flexibility index (Phi) is 4.18. The fraction of sp³-hybridized carbons (Fsp3) is 0. The standard InChI is InChI=1S/C13H8INO5/c14-8-2-1-3-9(6-8)20-10-4-5-12(15(18)19)11(7-10)13(16)17/h1-7H,(H,16,17). The topological polar surface area (TPSA) is 89.7 Å². The number of hydrogen-bond acceptors (Lipinski definition) is 4. The molecule has 1 N–H and O–H groups in total. The van der Waals surface area contributed by atoms with Gasteiger partial charge < -0.3 is 9.84 Å². The van der Waals surface area contributed by atoms with Gasteiger partial charge in [0.2, 0.25) is 0 Å². The minimum Gasteiger partial charge on any atom is -0.477 e. The van der Waals surface area contributed by atoms with Crippen molar-refractivity contribution < 1.29 is 19.6 Å². The molecule has 2 aromatic rings. The number of hydrogen-bond donors (Lipinski definition) is 1. The molecule has 2 aromatic carbocycles. The molecule has 0 aliphatic carbocycles. The van der Waals surface area contributed by atoms with Gasteiger partial charge in [0.25, 0.3) is 5.69 Å². The second-order valence-corrected chi connectivity index (χ2v) is 5.05. The van der Waals surface area contributed by atoms with E-state index in [2.05, 4.69) is 22.6 Å². The minimum atomic E-state index is -1.37. The lowest BCUT2D eigenvalue weighted by Gasteiger charge is -2.07. The summed E-state index contributed by atoms with van der Waals surface area (Å²) in [7, 11) is 0. The molecule has 0 bridgehead atoms. The Balaban J connectivity index is 2.36. The van der Waals surface area contributed by atoms with Crippen molar-refractivity contribution >= 4 is 34.2 Å². The second kappa shape index (κ2) is 5.87. The number of benzene rings is 2. The first-order valence-corrected chi connectivity index (χ1v) is 6.50. The lowest BCUT2D eigenvalue weighted by atomic mass is 10.1. The molecule has 0 aromatic heterocycles. The molecule has 0 aliphatic rings. The van der Waals surface area contributed by atoms with Gasteiger partial charge in [-0.3, -0.25) is 10.1 Å². The fourth-order valence-electron chi connectivity index (χ4n) is 1.58. The van der Waals surface area contributed by atoms with Crippen LogP contribution in [0.4, 0.5) is 5.69 Å². The Hall–Kier alpha value is -2.16. The SMILES string of the molecule is O=C(O)c1cc(Oc2cccc(I)c2)ccc1[N+](=O)[O-]. The van der Waals surface area contributed by atoms with Crippen LogP contribution in [-0.2, 0) is 0 Å². The summed E-state index contributed by atoms with van der Waals surface area (Å²) in [4.78, 5) is 21.0. The van der Waals surface area contributed by atoms with E-state index in [0.29, 0.717) is 5.75 Å². The molecular formula is C13H8INO5. The molecule has 6 nitrogen and oxygen atoms in total. The number of carboxylic acid groups (broad SMARTS) is 1. The van der Waals surface area contributed by atoms with Crippen molar-refractivity contribution in [3.63, 3.8) is 0 Å². The smallest absolute Gasteiger partial charge is 0.342 e. The summed E-state index contributed by atoms with van der Waals surface area (Å²) in [6.07, 6.45) is 0. The van der Waals surface area contributed by atoms with Crippen LogP contribution >= 0.6 is 22.6 Å². The van der Waals surface area contributed by atoms with Crippen LogP contribution in [0.2, 0.25) is 0 Å². The van der Waals surface area contributed by atoms with E-state index in [1.165, 1.54) is 6.07 Å². The van der Waals surface area contributed by atoms with Gasteiger partial charge in [-0.1, -0.05) is 6.07 Å². The molecule has 2 rings (SSSR count). The maximum atomic E-state index is 11.0. The van der Waals surface area contributed by atoms with E-state index in [0.717, 1.165) is 15.7 Å². The van der Waals surface area contributed by atoms with E-state index in [4.69, 9.17) is 9.84 Å². The molecule has 0 atom stereocenters. The molecule has 0 radical (unpaired) electrons. The fourth-order valence-corrected chi connectivity index (χ4v) is 2.09. The number of ether oxygens (including phenoxy) is 1. The van der Waals surface area contributed by atoms with Gasteiger partial charge in [0.05, 0.1) is 4.92 Å². The molecular weight excluding hydrogens is 377 g/mol. The van der Waals surface area contributed by atoms with Crippen molar-refractivity contribution in [1.82, 2.24) is 0 Å². The first kappa shape index (κ1) is 14.3. The monoisotopic (exact) mass is 385 g/mol. The minimum absolute atomic E-state index is 0.231. The Bertz CT molecular complexity index is 686. The van der Waals surface area contributed by atoms with Gasteiger partial charge in [-0.05, 0) is 46.9 Å². The average molecular weight is 385 g/mol. The number of nitrogens with zero attached hydrogens (tertiary/aromatic N) is 1. The van der Waals surface area contributed by atoms with Gasteiger partial charge in [-0.15, -0.1) is 0 Å². The highest BCUT2D eigenvalue weighted by Gasteiger charge is 2.20. The Labute approximate surface area is 127 Å². The third kappa shape index (κ3) is 3.23. The number of carbonyl (C=O) groups is 1. The summed E-state index contributed by atoms with van der Waals surface area (Å²) in [5, 5.41) is 19.7. The first-order valence-electron chi connectivity index (χ1n) is 5.42. The molecule has 7 heteroatoms. The number of rotatable bonds is 4. The molecule has 0 aliphatic heterocycles. The molecule has 20 heavy (non-hydrogen) atoms.